The average molecular weight is 401 g/mol. The van der Waals surface area contributed by atoms with Crippen molar-refractivity contribution in [2.75, 3.05) is 7.11 Å². The van der Waals surface area contributed by atoms with Gasteiger partial charge in [-0.25, -0.2) is 4.79 Å². The van der Waals surface area contributed by atoms with Crippen molar-refractivity contribution in [3.8, 4) is 0 Å². The second-order valence-electron chi connectivity index (χ2n) is 5.96. The number of nitrogens with one attached hydrogen (secondary N) is 1. The zero-order valence-electron chi connectivity index (χ0n) is 12.8. The molecule has 1 unspecified atom stereocenters. The van der Waals surface area contributed by atoms with Gasteiger partial charge in [0.15, 0.2) is 0 Å². The highest BCUT2D eigenvalue weighted by Gasteiger charge is 2.38. The van der Waals surface area contributed by atoms with Crippen molar-refractivity contribution < 1.29 is 9.53 Å². The third-order valence-electron chi connectivity index (χ3n) is 4.36. The van der Waals surface area contributed by atoms with Crippen molar-refractivity contribution in [2.45, 2.75) is 57.0 Å². The van der Waals surface area contributed by atoms with Gasteiger partial charge in [0, 0.05) is 9.61 Å². The molecule has 0 aromatic heterocycles. The van der Waals surface area contributed by atoms with Crippen LogP contribution in [0.5, 0.6) is 0 Å². The van der Waals surface area contributed by atoms with E-state index in [2.05, 4.69) is 27.9 Å². The van der Waals surface area contributed by atoms with Crippen molar-refractivity contribution in [3.63, 3.8) is 0 Å². The summed E-state index contributed by atoms with van der Waals surface area (Å²) >= 11 is 2.28. The summed E-state index contributed by atoms with van der Waals surface area (Å²) < 4.78 is 6.23. The fourth-order valence-corrected chi connectivity index (χ4v) is 3.44. The smallest absolute Gasteiger partial charge is 0.330 e. The van der Waals surface area contributed by atoms with Crippen molar-refractivity contribution in [1.82, 2.24) is 5.32 Å². The van der Waals surface area contributed by atoms with Gasteiger partial charge in [0.1, 0.15) is 5.54 Å². The van der Waals surface area contributed by atoms with E-state index in [1.54, 1.807) is 0 Å². The van der Waals surface area contributed by atoms with Crippen LogP contribution in [0.25, 0.3) is 0 Å². The third-order valence-corrected chi connectivity index (χ3v) is 5.08. The number of benzene rings is 1. The van der Waals surface area contributed by atoms with E-state index < -0.39 is 5.54 Å². The van der Waals surface area contributed by atoms with Crippen LogP contribution in [0, 0.1) is 3.57 Å². The molecule has 1 aromatic rings. The zero-order valence-corrected chi connectivity index (χ0v) is 15.0. The maximum Gasteiger partial charge on any atom is 0.330 e. The van der Waals surface area contributed by atoms with Gasteiger partial charge >= 0.3 is 5.97 Å². The number of esters is 1. The summed E-state index contributed by atoms with van der Waals surface area (Å²) in [6.07, 6.45) is 7.35. The van der Waals surface area contributed by atoms with E-state index in [4.69, 9.17) is 4.74 Å². The molecule has 21 heavy (non-hydrogen) atoms. The van der Waals surface area contributed by atoms with Gasteiger partial charge in [-0.1, -0.05) is 37.8 Å². The number of hydrogen-bond acceptors (Lipinski definition) is 3. The summed E-state index contributed by atoms with van der Waals surface area (Å²) in [5, 5.41) is 3.58. The van der Waals surface area contributed by atoms with E-state index in [0.29, 0.717) is 6.04 Å². The first kappa shape index (κ1) is 16.7. The second kappa shape index (κ2) is 7.58. The van der Waals surface area contributed by atoms with Crippen LogP contribution in [0.2, 0.25) is 0 Å². The standard InChI is InChI=1S/C17H24INO2/c1-17(16(20)21-2,13-9-11-14(18)12-10-13)19-15-7-5-3-4-6-8-15/h9-12,15,19H,3-8H2,1-2H3. The van der Waals surface area contributed by atoms with Crippen molar-refractivity contribution in [2.24, 2.45) is 0 Å². The topological polar surface area (TPSA) is 38.3 Å². The Hall–Kier alpha value is -0.620. The molecule has 1 atom stereocenters. The van der Waals surface area contributed by atoms with Crippen molar-refractivity contribution in [3.05, 3.63) is 33.4 Å². The number of ether oxygens (including phenoxy) is 1. The van der Waals surface area contributed by atoms with Crippen LogP contribution < -0.4 is 5.32 Å². The summed E-state index contributed by atoms with van der Waals surface area (Å²) in [5.41, 5.74) is 0.202. The maximum atomic E-state index is 12.4. The summed E-state index contributed by atoms with van der Waals surface area (Å²) in [5.74, 6) is -0.215. The molecule has 1 fully saturated rings. The van der Waals surface area contributed by atoms with E-state index in [1.807, 2.05) is 31.2 Å². The molecule has 1 saturated carbocycles. The van der Waals surface area contributed by atoms with Gasteiger partial charge in [0.05, 0.1) is 7.11 Å². The Morgan fingerprint density at radius 1 is 1.19 bits per heavy atom. The van der Waals surface area contributed by atoms with Gasteiger partial charge in [-0.3, -0.25) is 5.32 Å². The molecule has 1 N–H and O–H groups in total. The summed E-state index contributed by atoms with van der Waals surface area (Å²) in [7, 11) is 1.46. The molecular formula is C17H24INO2. The fraction of sp³-hybridized carbons (Fsp3) is 0.588. The highest BCUT2D eigenvalue weighted by molar-refractivity contribution is 14.1. The Labute approximate surface area is 141 Å². The second-order valence-corrected chi connectivity index (χ2v) is 7.20. The van der Waals surface area contributed by atoms with E-state index in [1.165, 1.54) is 32.8 Å². The molecule has 1 aliphatic carbocycles. The monoisotopic (exact) mass is 401 g/mol. The third kappa shape index (κ3) is 4.19. The van der Waals surface area contributed by atoms with Crippen molar-refractivity contribution in [1.29, 1.82) is 0 Å². The summed E-state index contributed by atoms with van der Waals surface area (Å²) in [6, 6.07) is 8.48. The van der Waals surface area contributed by atoms with Gasteiger partial charge in [-0.15, -0.1) is 0 Å². The number of carbonyl (C=O) groups excluding carboxylic acids is 1. The van der Waals surface area contributed by atoms with Crippen molar-refractivity contribution >= 4 is 28.6 Å². The summed E-state index contributed by atoms with van der Waals surface area (Å²) in [6.45, 7) is 1.94. The molecule has 0 amide bonds. The summed E-state index contributed by atoms with van der Waals surface area (Å²) in [4.78, 5) is 12.4. The number of rotatable bonds is 4. The van der Waals surface area contributed by atoms with Crippen LogP contribution in [0.3, 0.4) is 0 Å². The first-order valence-corrected chi connectivity index (χ1v) is 8.76. The molecule has 0 spiro atoms. The van der Waals surface area contributed by atoms with Gasteiger partial charge < -0.3 is 4.74 Å². The maximum absolute atomic E-state index is 12.4. The van der Waals surface area contributed by atoms with Crippen LogP contribution in [0.15, 0.2) is 24.3 Å². The highest BCUT2D eigenvalue weighted by Crippen LogP contribution is 2.27. The number of methoxy groups -OCH3 is 1. The lowest BCUT2D eigenvalue weighted by atomic mass is 9.90. The van der Waals surface area contributed by atoms with Crippen LogP contribution >= 0.6 is 22.6 Å². The minimum absolute atomic E-state index is 0.215. The van der Waals surface area contributed by atoms with Gasteiger partial charge in [-0.05, 0) is 60.1 Å². The average Bonchev–Trinajstić information content (AvgIpc) is 2.75. The Kier molecular flexibility index (Phi) is 6.05. The first-order chi connectivity index (χ1) is 10.1. The molecule has 2 rings (SSSR count). The van der Waals surface area contributed by atoms with E-state index in [-0.39, 0.29) is 5.97 Å². The molecular weight excluding hydrogens is 377 g/mol. The number of hydrogen-bond donors (Lipinski definition) is 1. The van der Waals surface area contributed by atoms with Gasteiger partial charge in [-0.2, -0.15) is 0 Å². The Balaban J connectivity index is 2.23. The number of carbonyl (C=O) groups is 1. The molecule has 0 aliphatic heterocycles. The lowest BCUT2D eigenvalue weighted by molar-refractivity contribution is -0.148. The van der Waals surface area contributed by atoms with E-state index in [0.717, 1.165) is 22.0 Å². The quantitative estimate of drug-likeness (QED) is 0.471. The molecule has 0 bridgehead atoms. The van der Waals surface area contributed by atoms with Crippen LogP contribution in [-0.4, -0.2) is 19.1 Å². The van der Waals surface area contributed by atoms with Gasteiger partial charge in [0.2, 0.25) is 0 Å². The predicted octanol–water partition coefficient (Wildman–Crippen LogP) is 3.99. The lowest BCUT2D eigenvalue weighted by Gasteiger charge is -2.33. The molecule has 4 heteroatoms. The fourth-order valence-electron chi connectivity index (χ4n) is 3.08. The largest absolute Gasteiger partial charge is 0.467 e. The predicted molar refractivity (Wildman–Crippen MR) is 93.2 cm³/mol. The molecule has 0 heterocycles. The molecule has 1 aromatic carbocycles. The van der Waals surface area contributed by atoms with Crippen LogP contribution in [0.4, 0.5) is 0 Å². The molecule has 0 saturated heterocycles. The number of halogens is 1. The minimum atomic E-state index is -0.770. The Morgan fingerprint density at radius 2 is 1.76 bits per heavy atom. The van der Waals surface area contributed by atoms with Crippen LogP contribution in [0.1, 0.15) is 51.0 Å². The minimum Gasteiger partial charge on any atom is -0.467 e. The molecule has 1 aliphatic rings. The van der Waals surface area contributed by atoms with E-state index in [9.17, 15) is 4.79 Å². The Morgan fingerprint density at radius 3 is 2.29 bits per heavy atom. The Bertz CT molecular complexity index is 466. The molecule has 3 nitrogen and oxygen atoms in total. The van der Waals surface area contributed by atoms with E-state index >= 15 is 0 Å². The van der Waals surface area contributed by atoms with Crippen LogP contribution in [-0.2, 0) is 15.1 Å². The van der Waals surface area contributed by atoms with Gasteiger partial charge in [0.25, 0.3) is 0 Å². The zero-order chi connectivity index (χ0) is 15.3. The molecule has 116 valence electrons. The SMILES string of the molecule is COC(=O)C(C)(NC1CCCCCC1)c1ccc(I)cc1. The first-order valence-electron chi connectivity index (χ1n) is 7.68. The highest BCUT2D eigenvalue weighted by atomic mass is 127. The molecule has 0 radical (unpaired) electrons. The normalized spacial score (nSPS) is 19.6. The lowest BCUT2D eigenvalue weighted by Crippen LogP contribution is -2.51.